The first kappa shape index (κ1) is 17.5. The molecule has 3 rings (SSSR count). The van der Waals surface area contributed by atoms with E-state index in [1.807, 2.05) is 42.8 Å². The highest BCUT2D eigenvalue weighted by Crippen LogP contribution is 2.33. The second-order valence-electron chi connectivity index (χ2n) is 6.84. The number of anilines is 1. The Morgan fingerprint density at radius 1 is 1.36 bits per heavy atom. The van der Waals surface area contributed by atoms with E-state index in [-0.39, 0.29) is 18.7 Å². The number of hydrogen-bond acceptors (Lipinski definition) is 3. The van der Waals surface area contributed by atoms with Crippen molar-refractivity contribution in [2.24, 2.45) is 5.92 Å². The maximum atomic E-state index is 12.2. The van der Waals surface area contributed by atoms with Crippen molar-refractivity contribution < 1.29 is 9.90 Å². The topological polar surface area (TPSA) is 79.2 Å². The van der Waals surface area contributed by atoms with Crippen LogP contribution in [0, 0.1) is 19.8 Å². The molecule has 1 atom stereocenters. The van der Waals surface area contributed by atoms with E-state index in [1.165, 1.54) is 0 Å². The number of benzene rings is 1. The molecule has 1 aliphatic carbocycles. The summed E-state index contributed by atoms with van der Waals surface area (Å²) in [6.45, 7) is 4.79. The van der Waals surface area contributed by atoms with Gasteiger partial charge in [-0.25, -0.2) is 4.79 Å². The number of amides is 2. The third-order valence-corrected chi connectivity index (χ3v) is 4.57. The zero-order valence-corrected chi connectivity index (χ0v) is 14.8. The first-order valence-corrected chi connectivity index (χ1v) is 8.83. The van der Waals surface area contributed by atoms with Crippen molar-refractivity contribution in [2.75, 3.05) is 11.9 Å². The number of aryl methyl sites for hydroxylation is 2. The maximum Gasteiger partial charge on any atom is 0.319 e. The molecule has 1 saturated carbocycles. The molecule has 2 amide bonds. The number of hydrogen-bond donors (Lipinski definition) is 3. The number of carbonyl (C=O) groups excluding carboxylic acids is 1. The number of rotatable bonds is 7. The summed E-state index contributed by atoms with van der Waals surface area (Å²) >= 11 is 0. The molecule has 1 unspecified atom stereocenters. The molecule has 0 aliphatic heterocycles. The Kier molecular flexibility index (Phi) is 5.38. The third kappa shape index (κ3) is 4.82. The van der Waals surface area contributed by atoms with Crippen molar-refractivity contribution in [3.05, 3.63) is 47.3 Å². The van der Waals surface area contributed by atoms with Crippen molar-refractivity contribution in [3.63, 3.8) is 0 Å². The molecule has 6 heteroatoms. The Balaban J connectivity index is 1.61. The van der Waals surface area contributed by atoms with Gasteiger partial charge in [0, 0.05) is 24.0 Å². The van der Waals surface area contributed by atoms with Crippen molar-refractivity contribution in [3.8, 4) is 0 Å². The van der Waals surface area contributed by atoms with Crippen LogP contribution in [0.25, 0.3) is 0 Å². The first-order valence-electron chi connectivity index (χ1n) is 8.83. The number of nitrogens with zero attached hydrogens (tertiary/aromatic N) is 2. The molecule has 1 aromatic heterocycles. The Morgan fingerprint density at radius 3 is 2.80 bits per heavy atom. The van der Waals surface area contributed by atoms with Gasteiger partial charge in [0.2, 0.25) is 0 Å². The molecule has 0 saturated heterocycles. The van der Waals surface area contributed by atoms with Gasteiger partial charge in [-0.05, 0) is 62.8 Å². The predicted octanol–water partition coefficient (Wildman–Crippen LogP) is 2.83. The molecule has 1 fully saturated rings. The Bertz CT molecular complexity index is 737. The molecule has 6 nitrogen and oxygen atoms in total. The fourth-order valence-corrected chi connectivity index (χ4v) is 3.15. The van der Waals surface area contributed by atoms with Gasteiger partial charge in [0.05, 0.1) is 12.2 Å². The minimum atomic E-state index is -0.214. The molecular formula is C19H26N4O2. The summed E-state index contributed by atoms with van der Waals surface area (Å²) < 4.78 is 1.96. The van der Waals surface area contributed by atoms with Crippen LogP contribution in [0.3, 0.4) is 0 Å². The van der Waals surface area contributed by atoms with Crippen LogP contribution in [0.5, 0.6) is 0 Å². The lowest BCUT2D eigenvalue weighted by atomic mass is 10.1. The van der Waals surface area contributed by atoms with Gasteiger partial charge in [0.15, 0.2) is 0 Å². The number of nitrogens with one attached hydrogen (secondary N) is 2. The first-order chi connectivity index (χ1) is 12.0. The normalized spacial score (nSPS) is 15.0. The molecule has 1 heterocycles. The monoisotopic (exact) mass is 342 g/mol. The SMILES string of the molecule is Cc1cc(C)n(Cc2cccc(NC(=O)NC(CCO)C3CC3)c2)n1. The van der Waals surface area contributed by atoms with Crippen LogP contribution >= 0.6 is 0 Å². The van der Waals surface area contributed by atoms with Gasteiger partial charge in [-0.3, -0.25) is 4.68 Å². The summed E-state index contributed by atoms with van der Waals surface area (Å²) in [5, 5.41) is 19.5. The minimum Gasteiger partial charge on any atom is -0.396 e. The van der Waals surface area contributed by atoms with Gasteiger partial charge >= 0.3 is 6.03 Å². The van der Waals surface area contributed by atoms with E-state index in [0.29, 0.717) is 18.9 Å². The second-order valence-corrected chi connectivity index (χ2v) is 6.84. The van der Waals surface area contributed by atoms with E-state index >= 15 is 0 Å². The summed E-state index contributed by atoms with van der Waals surface area (Å²) in [5.41, 5.74) is 3.96. The lowest BCUT2D eigenvalue weighted by molar-refractivity contribution is 0.234. The van der Waals surface area contributed by atoms with Gasteiger partial charge in [0.1, 0.15) is 0 Å². The minimum absolute atomic E-state index is 0.0582. The van der Waals surface area contributed by atoms with Gasteiger partial charge in [-0.2, -0.15) is 5.10 Å². The molecule has 1 aromatic carbocycles. The average molecular weight is 342 g/mol. The zero-order chi connectivity index (χ0) is 17.8. The molecule has 2 aromatic rings. The van der Waals surface area contributed by atoms with E-state index in [9.17, 15) is 4.79 Å². The lowest BCUT2D eigenvalue weighted by Gasteiger charge is -2.17. The van der Waals surface area contributed by atoms with Crippen molar-refractivity contribution >= 4 is 11.7 Å². The average Bonchev–Trinajstić information content (AvgIpc) is 3.34. The number of carbonyl (C=O) groups is 1. The lowest BCUT2D eigenvalue weighted by Crippen LogP contribution is -2.39. The van der Waals surface area contributed by atoms with E-state index in [1.54, 1.807) is 0 Å². The number of aliphatic hydroxyl groups is 1. The smallest absolute Gasteiger partial charge is 0.319 e. The molecule has 0 spiro atoms. The summed E-state index contributed by atoms with van der Waals surface area (Å²) in [4.78, 5) is 12.2. The van der Waals surface area contributed by atoms with Gasteiger partial charge in [0.25, 0.3) is 0 Å². The standard InChI is InChI=1S/C19H26N4O2/c1-13-10-14(2)23(22-13)12-15-4-3-5-17(11-15)20-19(25)21-18(8-9-24)16-6-7-16/h3-5,10-11,16,18,24H,6-9,12H2,1-2H3,(H2,20,21,25). The van der Waals surface area contributed by atoms with Gasteiger partial charge in [-0.1, -0.05) is 12.1 Å². The van der Waals surface area contributed by atoms with Crippen LogP contribution in [0.2, 0.25) is 0 Å². The Labute approximate surface area is 148 Å². The van der Waals surface area contributed by atoms with Gasteiger partial charge in [-0.15, -0.1) is 0 Å². The fraction of sp³-hybridized carbons (Fsp3) is 0.474. The Hall–Kier alpha value is -2.34. The number of aliphatic hydroxyl groups excluding tert-OH is 1. The molecule has 134 valence electrons. The Morgan fingerprint density at radius 2 is 2.16 bits per heavy atom. The highest BCUT2D eigenvalue weighted by molar-refractivity contribution is 5.89. The van der Waals surface area contributed by atoms with E-state index < -0.39 is 0 Å². The molecule has 0 bridgehead atoms. The van der Waals surface area contributed by atoms with Crippen LogP contribution < -0.4 is 10.6 Å². The van der Waals surface area contributed by atoms with Crippen LogP contribution in [-0.4, -0.2) is 33.6 Å². The summed E-state index contributed by atoms with van der Waals surface area (Å²) in [5.74, 6) is 0.510. The highest BCUT2D eigenvalue weighted by atomic mass is 16.3. The zero-order valence-electron chi connectivity index (χ0n) is 14.8. The fourth-order valence-electron chi connectivity index (χ4n) is 3.15. The van der Waals surface area contributed by atoms with Crippen molar-refractivity contribution in [2.45, 2.75) is 45.7 Å². The van der Waals surface area contributed by atoms with Gasteiger partial charge < -0.3 is 15.7 Å². The summed E-state index contributed by atoms with van der Waals surface area (Å²) in [7, 11) is 0. The maximum absolute atomic E-state index is 12.2. The summed E-state index contributed by atoms with van der Waals surface area (Å²) in [6, 6.07) is 9.70. The molecule has 1 aliphatic rings. The molecular weight excluding hydrogens is 316 g/mol. The van der Waals surface area contributed by atoms with E-state index in [4.69, 9.17) is 5.11 Å². The van der Waals surface area contributed by atoms with E-state index in [0.717, 1.165) is 35.5 Å². The predicted molar refractivity (Wildman–Crippen MR) is 97.6 cm³/mol. The molecule has 0 radical (unpaired) electrons. The second kappa shape index (κ2) is 7.70. The van der Waals surface area contributed by atoms with E-state index in [2.05, 4.69) is 21.8 Å². The van der Waals surface area contributed by atoms with Crippen LogP contribution in [0.1, 0.15) is 36.2 Å². The van der Waals surface area contributed by atoms with Crippen LogP contribution in [0.15, 0.2) is 30.3 Å². The van der Waals surface area contributed by atoms with Crippen LogP contribution in [0.4, 0.5) is 10.5 Å². The highest BCUT2D eigenvalue weighted by Gasteiger charge is 2.31. The quantitative estimate of drug-likeness (QED) is 0.724. The molecule has 25 heavy (non-hydrogen) atoms. The number of urea groups is 1. The van der Waals surface area contributed by atoms with Crippen LogP contribution in [-0.2, 0) is 6.54 Å². The largest absolute Gasteiger partial charge is 0.396 e. The van der Waals surface area contributed by atoms with Crippen molar-refractivity contribution in [1.82, 2.24) is 15.1 Å². The molecule has 3 N–H and O–H groups in total. The third-order valence-electron chi connectivity index (χ3n) is 4.57. The summed E-state index contributed by atoms with van der Waals surface area (Å²) in [6.07, 6.45) is 2.86. The number of aromatic nitrogens is 2. The van der Waals surface area contributed by atoms with Crippen molar-refractivity contribution in [1.29, 1.82) is 0 Å².